The summed E-state index contributed by atoms with van der Waals surface area (Å²) in [5.74, 6) is -0.0689. The molecule has 1 aliphatic rings. The zero-order valence-electron chi connectivity index (χ0n) is 11.9. The molecular weight excluding hydrogens is 239 g/mol. The van der Waals surface area contributed by atoms with Crippen LogP contribution in [0.4, 0.5) is 4.39 Å². The molecule has 1 fully saturated rings. The summed E-state index contributed by atoms with van der Waals surface area (Å²) in [6, 6.07) is 7.73. The molecule has 2 nitrogen and oxygen atoms in total. The van der Waals surface area contributed by atoms with E-state index >= 15 is 0 Å². The van der Waals surface area contributed by atoms with Crippen molar-refractivity contribution in [3.8, 4) is 0 Å². The van der Waals surface area contributed by atoms with Crippen molar-refractivity contribution in [3.05, 3.63) is 35.6 Å². The molecule has 0 spiro atoms. The van der Waals surface area contributed by atoms with Gasteiger partial charge < -0.3 is 10.2 Å². The van der Waals surface area contributed by atoms with Gasteiger partial charge in [0.05, 0.1) is 0 Å². The number of nitrogens with zero attached hydrogens (tertiary/aromatic N) is 1. The predicted molar refractivity (Wildman–Crippen MR) is 77.9 cm³/mol. The molecule has 0 aromatic heterocycles. The van der Waals surface area contributed by atoms with E-state index in [1.54, 1.807) is 12.1 Å². The predicted octanol–water partition coefficient (Wildman–Crippen LogP) is 2.83. The molecule has 0 saturated carbocycles. The van der Waals surface area contributed by atoms with E-state index in [0.29, 0.717) is 6.04 Å². The Morgan fingerprint density at radius 1 is 1.37 bits per heavy atom. The van der Waals surface area contributed by atoms with E-state index in [1.165, 1.54) is 19.3 Å². The molecule has 0 bridgehead atoms. The van der Waals surface area contributed by atoms with Crippen molar-refractivity contribution in [1.82, 2.24) is 10.2 Å². The summed E-state index contributed by atoms with van der Waals surface area (Å²) in [6.07, 6.45) is 4.46. The van der Waals surface area contributed by atoms with Crippen molar-refractivity contribution >= 4 is 0 Å². The maximum atomic E-state index is 13.6. The highest BCUT2D eigenvalue weighted by Gasteiger charge is 2.16. The van der Waals surface area contributed by atoms with Gasteiger partial charge in [-0.1, -0.05) is 31.5 Å². The van der Waals surface area contributed by atoms with E-state index in [4.69, 9.17) is 0 Å². The number of hydrogen-bond donors (Lipinski definition) is 1. The average Bonchev–Trinajstić information content (AvgIpc) is 2.64. The van der Waals surface area contributed by atoms with Crippen molar-refractivity contribution in [2.75, 3.05) is 26.2 Å². The molecule has 1 N–H and O–H groups in total. The third kappa shape index (κ3) is 4.59. The summed E-state index contributed by atoms with van der Waals surface area (Å²) in [4.78, 5) is 2.48. The highest BCUT2D eigenvalue weighted by atomic mass is 19.1. The van der Waals surface area contributed by atoms with Crippen molar-refractivity contribution in [2.24, 2.45) is 0 Å². The van der Waals surface area contributed by atoms with Gasteiger partial charge in [0.15, 0.2) is 0 Å². The first-order chi connectivity index (χ1) is 9.29. The highest BCUT2D eigenvalue weighted by Crippen LogP contribution is 2.10. The molecule has 0 amide bonds. The van der Waals surface area contributed by atoms with Gasteiger partial charge in [-0.3, -0.25) is 0 Å². The Labute approximate surface area is 116 Å². The van der Waals surface area contributed by atoms with Crippen LogP contribution in [-0.2, 0) is 6.42 Å². The third-order valence-electron chi connectivity index (χ3n) is 3.86. The molecule has 1 aliphatic heterocycles. The van der Waals surface area contributed by atoms with E-state index in [2.05, 4.69) is 17.1 Å². The summed E-state index contributed by atoms with van der Waals surface area (Å²) in [5, 5.41) is 3.61. The number of halogens is 1. The first-order valence-corrected chi connectivity index (χ1v) is 7.48. The van der Waals surface area contributed by atoms with Gasteiger partial charge in [-0.15, -0.1) is 0 Å². The van der Waals surface area contributed by atoms with Crippen LogP contribution in [0.25, 0.3) is 0 Å². The van der Waals surface area contributed by atoms with Crippen LogP contribution in [0, 0.1) is 5.82 Å². The monoisotopic (exact) mass is 264 g/mol. The number of hydrogen-bond acceptors (Lipinski definition) is 2. The van der Waals surface area contributed by atoms with Crippen LogP contribution in [0.2, 0.25) is 0 Å². The van der Waals surface area contributed by atoms with Gasteiger partial charge in [-0.05, 0) is 44.0 Å². The van der Waals surface area contributed by atoms with Gasteiger partial charge in [0.25, 0.3) is 0 Å². The fraction of sp³-hybridized carbons (Fsp3) is 0.625. The Morgan fingerprint density at radius 3 is 3.00 bits per heavy atom. The second-order valence-corrected chi connectivity index (χ2v) is 5.44. The largest absolute Gasteiger partial charge is 0.313 e. The molecule has 0 aliphatic carbocycles. The van der Waals surface area contributed by atoms with Crippen LogP contribution in [0.15, 0.2) is 24.3 Å². The number of nitrogens with one attached hydrogen (secondary N) is 1. The topological polar surface area (TPSA) is 15.3 Å². The van der Waals surface area contributed by atoms with Crippen LogP contribution in [0.1, 0.15) is 31.7 Å². The normalized spacial score (nSPS) is 21.3. The molecule has 1 atom stereocenters. The van der Waals surface area contributed by atoms with Gasteiger partial charge in [-0.25, -0.2) is 4.39 Å². The standard InChI is InChI=1S/C16H25FN2/c1-2-6-15-13-19(11-5-10-18-15)12-9-14-7-3-4-8-16(14)17/h3-4,7-8,15,18H,2,5-6,9-13H2,1H3. The zero-order valence-corrected chi connectivity index (χ0v) is 11.9. The van der Waals surface area contributed by atoms with Crippen LogP contribution in [-0.4, -0.2) is 37.1 Å². The van der Waals surface area contributed by atoms with Crippen molar-refractivity contribution in [3.63, 3.8) is 0 Å². The summed E-state index contributed by atoms with van der Waals surface area (Å²) < 4.78 is 13.6. The molecule has 106 valence electrons. The molecule has 1 unspecified atom stereocenters. The maximum absolute atomic E-state index is 13.6. The van der Waals surface area contributed by atoms with Gasteiger partial charge in [-0.2, -0.15) is 0 Å². The molecular formula is C16H25FN2. The Balaban J connectivity index is 1.85. The number of benzene rings is 1. The fourth-order valence-corrected chi connectivity index (χ4v) is 2.80. The highest BCUT2D eigenvalue weighted by molar-refractivity contribution is 5.17. The van der Waals surface area contributed by atoms with Crippen LogP contribution in [0.5, 0.6) is 0 Å². The summed E-state index contributed by atoms with van der Waals surface area (Å²) in [5.41, 5.74) is 0.840. The quantitative estimate of drug-likeness (QED) is 0.880. The first-order valence-electron chi connectivity index (χ1n) is 7.48. The second-order valence-electron chi connectivity index (χ2n) is 5.44. The molecule has 1 heterocycles. The Bertz CT molecular complexity index is 381. The Hall–Kier alpha value is -0.930. The maximum Gasteiger partial charge on any atom is 0.126 e. The zero-order chi connectivity index (χ0) is 13.5. The van der Waals surface area contributed by atoms with Crippen molar-refractivity contribution in [2.45, 2.75) is 38.6 Å². The molecule has 1 saturated heterocycles. The fourth-order valence-electron chi connectivity index (χ4n) is 2.80. The smallest absolute Gasteiger partial charge is 0.126 e. The van der Waals surface area contributed by atoms with Gasteiger partial charge in [0, 0.05) is 19.1 Å². The molecule has 19 heavy (non-hydrogen) atoms. The van der Waals surface area contributed by atoms with E-state index in [9.17, 15) is 4.39 Å². The molecule has 2 rings (SSSR count). The minimum Gasteiger partial charge on any atom is -0.313 e. The third-order valence-corrected chi connectivity index (χ3v) is 3.86. The van der Waals surface area contributed by atoms with Crippen molar-refractivity contribution in [1.29, 1.82) is 0 Å². The number of rotatable bonds is 5. The minimum absolute atomic E-state index is 0.0689. The van der Waals surface area contributed by atoms with Crippen LogP contribution >= 0.6 is 0 Å². The van der Waals surface area contributed by atoms with E-state index in [0.717, 1.165) is 38.2 Å². The van der Waals surface area contributed by atoms with Crippen molar-refractivity contribution < 1.29 is 4.39 Å². The van der Waals surface area contributed by atoms with E-state index in [1.807, 2.05) is 12.1 Å². The lowest BCUT2D eigenvalue weighted by atomic mass is 10.1. The van der Waals surface area contributed by atoms with Gasteiger partial charge in [0.2, 0.25) is 0 Å². The summed E-state index contributed by atoms with van der Waals surface area (Å²) in [7, 11) is 0. The molecule has 1 aromatic carbocycles. The summed E-state index contributed by atoms with van der Waals surface area (Å²) >= 11 is 0. The lowest BCUT2D eigenvalue weighted by Gasteiger charge is -2.24. The average molecular weight is 264 g/mol. The molecule has 3 heteroatoms. The minimum atomic E-state index is -0.0689. The van der Waals surface area contributed by atoms with Crippen LogP contribution < -0.4 is 5.32 Å². The van der Waals surface area contributed by atoms with E-state index in [-0.39, 0.29) is 5.82 Å². The Kier molecular flexibility index (Phi) is 5.80. The van der Waals surface area contributed by atoms with Crippen LogP contribution in [0.3, 0.4) is 0 Å². The lowest BCUT2D eigenvalue weighted by Crippen LogP contribution is -2.38. The molecule has 1 aromatic rings. The Morgan fingerprint density at radius 2 is 2.21 bits per heavy atom. The first kappa shape index (κ1) is 14.5. The van der Waals surface area contributed by atoms with E-state index < -0.39 is 0 Å². The molecule has 0 radical (unpaired) electrons. The second kappa shape index (κ2) is 7.61. The lowest BCUT2D eigenvalue weighted by molar-refractivity contribution is 0.265. The van der Waals surface area contributed by atoms with Gasteiger partial charge in [0.1, 0.15) is 5.82 Å². The SMILES string of the molecule is CCCC1CN(CCc2ccccc2F)CCCN1. The summed E-state index contributed by atoms with van der Waals surface area (Å²) in [6.45, 7) is 6.53. The van der Waals surface area contributed by atoms with Gasteiger partial charge >= 0.3 is 0 Å².